The summed E-state index contributed by atoms with van der Waals surface area (Å²) in [5.74, 6) is -0.236. The number of H-pyrrole nitrogens is 1. The summed E-state index contributed by atoms with van der Waals surface area (Å²) in [5.41, 5.74) is 2.91. The van der Waals surface area contributed by atoms with Crippen molar-refractivity contribution in [2.24, 2.45) is 0 Å². The van der Waals surface area contributed by atoms with Crippen LogP contribution in [0.25, 0.3) is 0 Å². The van der Waals surface area contributed by atoms with E-state index < -0.39 is 0 Å². The van der Waals surface area contributed by atoms with Crippen molar-refractivity contribution < 1.29 is 4.79 Å². The molecule has 0 radical (unpaired) electrons. The van der Waals surface area contributed by atoms with Crippen LogP contribution >= 0.6 is 0 Å². The minimum atomic E-state index is -0.268. The molecule has 0 spiro atoms. The fourth-order valence-corrected chi connectivity index (χ4v) is 1.71. The summed E-state index contributed by atoms with van der Waals surface area (Å²) in [6.07, 6.45) is 1.47. The van der Waals surface area contributed by atoms with Crippen molar-refractivity contribution in [1.29, 1.82) is 0 Å². The van der Waals surface area contributed by atoms with Crippen LogP contribution < -0.4 is 11.0 Å². The van der Waals surface area contributed by atoms with Gasteiger partial charge in [0.15, 0.2) is 0 Å². The molecule has 0 atom stereocenters. The quantitative estimate of drug-likeness (QED) is 0.710. The Morgan fingerprint density at radius 2 is 2.06 bits per heavy atom. The standard InChI is InChI=1S/C11H16N4O2/c1-14-4-6-15(7-5-14)13-11(17)9-2-3-12-10(16)8-9/h2-3,8H,4-7H2,1H3,(H,12,16)(H,13,17). The van der Waals surface area contributed by atoms with E-state index in [0.29, 0.717) is 5.56 Å². The van der Waals surface area contributed by atoms with Crippen molar-refractivity contribution >= 4 is 5.91 Å². The second-order valence-corrected chi connectivity index (χ2v) is 4.17. The SMILES string of the molecule is CN1CCN(NC(=O)c2cc[nH]c(=O)c2)CC1. The Labute approximate surface area is 99.2 Å². The van der Waals surface area contributed by atoms with Gasteiger partial charge in [0.25, 0.3) is 5.91 Å². The van der Waals surface area contributed by atoms with Crippen LogP contribution in [0.4, 0.5) is 0 Å². The molecule has 0 saturated carbocycles. The van der Waals surface area contributed by atoms with Gasteiger partial charge in [0.05, 0.1) is 0 Å². The molecular formula is C11H16N4O2. The number of likely N-dealkylation sites (N-methyl/N-ethyl adjacent to an activating group) is 1. The first-order valence-electron chi connectivity index (χ1n) is 5.58. The third kappa shape index (κ3) is 3.15. The maximum Gasteiger partial charge on any atom is 0.265 e. The summed E-state index contributed by atoms with van der Waals surface area (Å²) < 4.78 is 0. The van der Waals surface area contributed by atoms with Crippen LogP contribution in [0.5, 0.6) is 0 Å². The number of amides is 1. The molecule has 0 unspecified atom stereocenters. The number of rotatable bonds is 2. The number of pyridine rings is 1. The van der Waals surface area contributed by atoms with Gasteiger partial charge in [-0.2, -0.15) is 0 Å². The highest BCUT2D eigenvalue weighted by atomic mass is 16.2. The molecule has 1 aliphatic rings. The lowest BCUT2D eigenvalue weighted by Crippen LogP contribution is -2.52. The van der Waals surface area contributed by atoms with Crippen molar-refractivity contribution in [3.8, 4) is 0 Å². The Morgan fingerprint density at radius 1 is 1.35 bits per heavy atom. The Morgan fingerprint density at radius 3 is 2.71 bits per heavy atom. The van der Waals surface area contributed by atoms with Crippen molar-refractivity contribution in [3.05, 3.63) is 34.2 Å². The van der Waals surface area contributed by atoms with Crippen molar-refractivity contribution in [2.45, 2.75) is 0 Å². The highest BCUT2D eigenvalue weighted by Crippen LogP contribution is 1.98. The fraction of sp³-hybridized carbons (Fsp3) is 0.455. The van der Waals surface area contributed by atoms with Gasteiger partial charge in [0, 0.05) is 44.0 Å². The molecule has 1 aromatic heterocycles. The number of carbonyl (C=O) groups is 1. The number of hydrogen-bond acceptors (Lipinski definition) is 4. The number of carbonyl (C=O) groups excluding carboxylic acids is 1. The smallest absolute Gasteiger partial charge is 0.265 e. The average molecular weight is 236 g/mol. The van der Waals surface area contributed by atoms with Crippen molar-refractivity contribution in [1.82, 2.24) is 20.3 Å². The second kappa shape index (κ2) is 5.11. The molecule has 1 fully saturated rings. The molecule has 6 heteroatoms. The molecule has 2 rings (SSSR count). The molecule has 1 aromatic rings. The Balaban J connectivity index is 1.95. The first-order chi connectivity index (χ1) is 8.15. The summed E-state index contributed by atoms with van der Waals surface area (Å²) in [5, 5.41) is 1.88. The summed E-state index contributed by atoms with van der Waals surface area (Å²) >= 11 is 0. The van der Waals surface area contributed by atoms with Crippen LogP contribution in [-0.2, 0) is 0 Å². The summed E-state index contributed by atoms with van der Waals surface area (Å²) in [6.45, 7) is 3.45. The van der Waals surface area contributed by atoms with Crippen LogP contribution in [0.1, 0.15) is 10.4 Å². The van der Waals surface area contributed by atoms with E-state index in [2.05, 4.69) is 22.4 Å². The minimum Gasteiger partial charge on any atom is -0.329 e. The number of hydrogen-bond donors (Lipinski definition) is 2. The van der Waals surface area contributed by atoms with E-state index in [0.717, 1.165) is 26.2 Å². The second-order valence-electron chi connectivity index (χ2n) is 4.17. The fourth-order valence-electron chi connectivity index (χ4n) is 1.71. The third-order valence-electron chi connectivity index (χ3n) is 2.80. The predicted molar refractivity (Wildman–Crippen MR) is 63.6 cm³/mol. The molecule has 1 amide bonds. The van der Waals surface area contributed by atoms with Gasteiger partial charge in [-0.15, -0.1) is 0 Å². The van der Waals surface area contributed by atoms with Crippen LogP contribution in [0, 0.1) is 0 Å². The van der Waals surface area contributed by atoms with Gasteiger partial charge in [-0.25, -0.2) is 5.01 Å². The van der Waals surface area contributed by atoms with E-state index in [-0.39, 0.29) is 11.5 Å². The van der Waals surface area contributed by atoms with Crippen LogP contribution in [0.2, 0.25) is 0 Å². The summed E-state index contributed by atoms with van der Waals surface area (Å²) in [7, 11) is 2.05. The largest absolute Gasteiger partial charge is 0.329 e. The minimum absolute atomic E-state index is 0.236. The lowest BCUT2D eigenvalue weighted by Gasteiger charge is -2.32. The average Bonchev–Trinajstić information content (AvgIpc) is 2.32. The molecular weight excluding hydrogens is 220 g/mol. The highest BCUT2D eigenvalue weighted by molar-refractivity contribution is 5.93. The number of piperazine rings is 1. The molecule has 0 aliphatic carbocycles. The number of aromatic amines is 1. The number of nitrogens with one attached hydrogen (secondary N) is 2. The molecule has 2 heterocycles. The van der Waals surface area contributed by atoms with Crippen molar-refractivity contribution in [2.75, 3.05) is 33.2 Å². The Hall–Kier alpha value is -1.66. The summed E-state index contributed by atoms with van der Waals surface area (Å²) in [4.78, 5) is 27.6. The van der Waals surface area contributed by atoms with Crippen LogP contribution in [0.3, 0.4) is 0 Å². The zero-order chi connectivity index (χ0) is 12.3. The monoisotopic (exact) mass is 236 g/mol. The van der Waals surface area contributed by atoms with E-state index in [1.165, 1.54) is 12.3 Å². The van der Waals surface area contributed by atoms with Gasteiger partial charge >= 0.3 is 0 Å². The molecule has 1 saturated heterocycles. The highest BCUT2D eigenvalue weighted by Gasteiger charge is 2.16. The molecule has 92 valence electrons. The number of aromatic nitrogens is 1. The van der Waals surface area contributed by atoms with E-state index in [1.54, 1.807) is 6.07 Å². The number of hydrazine groups is 1. The van der Waals surface area contributed by atoms with Crippen LogP contribution in [0.15, 0.2) is 23.1 Å². The molecule has 1 aliphatic heterocycles. The maximum atomic E-state index is 11.8. The first-order valence-corrected chi connectivity index (χ1v) is 5.58. The van der Waals surface area contributed by atoms with E-state index >= 15 is 0 Å². The summed E-state index contributed by atoms with van der Waals surface area (Å²) in [6, 6.07) is 2.89. The first kappa shape index (κ1) is 11.8. The van der Waals surface area contributed by atoms with E-state index in [4.69, 9.17) is 0 Å². The van der Waals surface area contributed by atoms with Gasteiger partial charge in [-0.05, 0) is 13.1 Å². The molecule has 2 N–H and O–H groups in total. The molecule has 17 heavy (non-hydrogen) atoms. The lowest BCUT2D eigenvalue weighted by atomic mass is 10.2. The van der Waals surface area contributed by atoms with E-state index in [1.807, 2.05) is 5.01 Å². The zero-order valence-electron chi connectivity index (χ0n) is 9.77. The van der Waals surface area contributed by atoms with Gasteiger partial charge < -0.3 is 9.88 Å². The predicted octanol–water partition coefficient (Wildman–Crippen LogP) is -0.733. The topological polar surface area (TPSA) is 68.4 Å². The van der Waals surface area contributed by atoms with Crippen molar-refractivity contribution in [3.63, 3.8) is 0 Å². The van der Waals surface area contributed by atoms with Crippen LogP contribution in [-0.4, -0.2) is 54.0 Å². The lowest BCUT2D eigenvalue weighted by molar-refractivity contribution is 0.0662. The normalized spacial score (nSPS) is 17.9. The van der Waals surface area contributed by atoms with E-state index in [9.17, 15) is 9.59 Å². The van der Waals surface area contributed by atoms with Gasteiger partial charge in [-0.3, -0.25) is 15.0 Å². The molecule has 0 aromatic carbocycles. The van der Waals surface area contributed by atoms with Gasteiger partial charge in [0.1, 0.15) is 0 Å². The maximum absolute atomic E-state index is 11.8. The molecule has 6 nitrogen and oxygen atoms in total. The Kier molecular flexibility index (Phi) is 3.55. The van der Waals surface area contributed by atoms with Gasteiger partial charge in [-0.1, -0.05) is 0 Å². The Bertz CT molecular complexity index is 449. The number of nitrogens with zero attached hydrogens (tertiary/aromatic N) is 2. The molecule has 0 bridgehead atoms. The van der Waals surface area contributed by atoms with Gasteiger partial charge in [0.2, 0.25) is 5.56 Å². The zero-order valence-corrected chi connectivity index (χ0v) is 9.77. The third-order valence-corrected chi connectivity index (χ3v) is 2.80.